The Kier molecular flexibility index (Phi) is 9.91. The second-order valence-corrected chi connectivity index (χ2v) is 15.0. The first-order chi connectivity index (χ1) is 23.2. The summed E-state index contributed by atoms with van der Waals surface area (Å²) < 4.78 is 9.64. The van der Waals surface area contributed by atoms with E-state index in [0.29, 0.717) is 45.1 Å². The van der Waals surface area contributed by atoms with E-state index < -0.39 is 12.2 Å². The maximum absolute atomic E-state index is 14.0. The molecule has 0 radical (unpaired) electrons. The molecule has 4 aromatic rings. The number of piperazine rings is 1. The number of aromatic nitrogens is 3. The van der Waals surface area contributed by atoms with Gasteiger partial charge in [0.1, 0.15) is 0 Å². The summed E-state index contributed by atoms with van der Waals surface area (Å²) in [5.74, 6) is -0.148. The number of rotatable bonds is 6. The zero-order valence-corrected chi connectivity index (χ0v) is 30.3. The molecule has 0 bridgehead atoms. The van der Waals surface area contributed by atoms with E-state index in [0.717, 1.165) is 75.5 Å². The maximum Gasteiger partial charge on any atom is 0.410 e. The Bertz CT molecular complexity index is 1850. The average molecular weight is 784 g/mol. The number of likely N-dealkylation sites (tertiary alicyclic amines) is 2. The molecule has 0 spiro atoms. The van der Waals surface area contributed by atoms with E-state index in [1.165, 1.54) is 0 Å². The largest absolute Gasteiger partial charge is 0.436 e. The Morgan fingerprint density at radius 2 is 1.60 bits per heavy atom. The van der Waals surface area contributed by atoms with Gasteiger partial charge in [-0.3, -0.25) is 19.2 Å². The molecule has 2 aromatic carbocycles. The summed E-state index contributed by atoms with van der Waals surface area (Å²) in [5.41, 5.74) is 3.10. The number of para-hydroxylation sites is 1. The zero-order chi connectivity index (χ0) is 33.4. The summed E-state index contributed by atoms with van der Waals surface area (Å²) in [5, 5.41) is 0.906. The van der Waals surface area contributed by atoms with Gasteiger partial charge in [0.25, 0.3) is 5.91 Å². The van der Waals surface area contributed by atoms with Crippen LogP contribution >= 0.6 is 31.9 Å². The standard InChI is InChI=1S/C35H41Br2N7O4/c1-40-12-8-24(9-13-40)41-16-18-42(19-17-41)33(45)31(21-23-6-7-27(36)28(37)20-23)48-35(47)43-14-10-25(11-15-43)44-30-22-38-29-5-3-2-4-26(29)32(30)39-34(44)46/h2-7,20,22,24-25,31H,8-19,21H2,1H3,(H,39,46). The van der Waals surface area contributed by atoms with Gasteiger partial charge in [-0.05, 0) is 101 Å². The summed E-state index contributed by atoms with van der Waals surface area (Å²) >= 11 is 7.09. The topological polar surface area (TPSA) is 107 Å². The van der Waals surface area contributed by atoms with Gasteiger partial charge in [0.05, 0.1) is 22.7 Å². The molecule has 11 nitrogen and oxygen atoms in total. The van der Waals surface area contributed by atoms with Crippen LogP contribution in [0.2, 0.25) is 0 Å². The number of piperidine rings is 2. The Morgan fingerprint density at radius 1 is 0.896 bits per heavy atom. The second kappa shape index (κ2) is 14.3. The van der Waals surface area contributed by atoms with E-state index in [-0.39, 0.29) is 24.1 Å². The number of H-pyrrole nitrogens is 1. The fourth-order valence-electron chi connectivity index (χ4n) is 7.52. The minimum atomic E-state index is -0.936. The van der Waals surface area contributed by atoms with Crippen LogP contribution in [0.25, 0.3) is 21.9 Å². The summed E-state index contributed by atoms with van der Waals surface area (Å²) in [6.07, 6.45) is 4.10. The van der Waals surface area contributed by atoms with Crippen LogP contribution in [0.15, 0.2) is 62.4 Å². The Morgan fingerprint density at radius 3 is 2.33 bits per heavy atom. The van der Waals surface area contributed by atoms with Gasteiger partial charge in [0.2, 0.25) is 0 Å². The molecule has 1 atom stereocenters. The first-order valence-electron chi connectivity index (χ1n) is 16.8. The monoisotopic (exact) mass is 781 g/mol. The van der Waals surface area contributed by atoms with Crippen molar-refractivity contribution < 1.29 is 14.3 Å². The third-order valence-electron chi connectivity index (χ3n) is 10.3. The lowest BCUT2D eigenvalue weighted by atomic mass is 10.0. The molecule has 48 heavy (non-hydrogen) atoms. The van der Waals surface area contributed by atoms with Crippen molar-refractivity contribution in [3.63, 3.8) is 0 Å². The summed E-state index contributed by atoms with van der Waals surface area (Å²) in [7, 11) is 2.17. The van der Waals surface area contributed by atoms with Gasteiger partial charge in [-0.2, -0.15) is 0 Å². The van der Waals surface area contributed by atoms with Crippen molar-refractivity contribution in [2.45, 2.75) is 50.3 Å². The van der Waals surface area contributed by atoms with Gasteiger partial charge < -0.3 is 24.4 Å². The van der Waals surface area contributed by atoms with E-state index in [2.05, 4.69) is 58.7 Å². The Balaban J connectivity index is 1.02. The number of nitrogens with one attached hydrogen (secondary N) is 1. The zero-order valence-electron chi connectivity index (χ0n) is 27.1. The summed E-state index contributed by atoms with van der Waals surface area (Å²) in [4.78, 5) is 56.8. The van der Waals surface area contributed by atoms with Crippen molar-refractivity contribution in [3.8, 4) is 0 Å². The highest BCUT2D eigenvalue weighted by molar-refractivity contribution is 9.13. The molecule has 7 rings (SSSR count). The molecule has 13 heteroatoms. The number of carbonyl (C=O) groups is 2. The minimum absolute atomic E-state index is 0.0864. The van der Waals surface area contributed by atoms with Gasteiger partial charge in [0.15, 0.2) is 6.10 Å². The SMILES string of the molecule is CN1CCC(N2CCN(C(=O)C(Cc3ccc(Br)c(Br)c3)OC(=O)N3CCC(n4c(=O)[nH]c5c6ccccc6ncc54)CC3)CC2)CC1. The molecule has 5 heterocycles. The summed E-state index contributed by atoms with van der Waals surface area (Å²) in [6, 6.07) is 14.1. The highest BCUT2D eigenvalue weighted by Gasteiger charge is 2.35. The predicted octanol–water partition coefficient (Wildman–Crippen LogP) is 5.03. The minimum Gasteiger partial charge on any atom is -0.436 e. The van der Waals surface area contributed by atoms with Crippen molar-refractivity contribution in [1.82, 2.24) is 34.1 Å². The molecule has 3 aliphatic heterocycles. The van der Waals surface area contributed by atoms with Crippen LogP contribution in [-0.4, -0.2) is 118 Å². The fourth-order valence-corrected chi connectivity index (χ4v) is 8.19. The number of pyridine rings is 1. The molecule has 3 aliphatic rings. The smallest absolute Gasteiger partial charge is 0.410 e. The van der Waals surface area contributed by atoms with Crippen LogP contribution in [0.3, 0.4) is 0 Å². The highest BCUT2D eigenvalue weighted by atomic mass is 79.9. The number of imidazole rings is 1. The lowest BCUT2D eigenvalue weighted by Crippen LogP contribution is -2.56. The predicted molar refractivity (Wildman–Crippen MR) is 192 cm³/mol. The fraction of sp³-hybridized carbons (Fsp3) is 0.486. The van der Waals surface area contributed by atoms with Gasteiger partial charge in [0, 0.05) is 72.1 Å². The number of benzene rings is 2. The van der Waals surface area contributed by atoms with Gasteiger partial charge >= 0.3 is 11.8 Å². The average Bonchev–Trinajstić information content (AvgIpc) is 3.46. The highest BCUT2D eigenvalue weighted by Crippen LogP contribution is 2.29. The molecular weight excluding hydrogens is 742 g/mol. The lowest BCUT2D eigenvalue weighted by molar-refractivity contribution is -0.143. The van der Waals surface area contributed by atoms with Gasteiger partial charge in [-0.15, -0.1) is 0 Å². The van der Waals surface area contributed by atoms with Crippen LogP contribution < -0.4 is 5.69 Å². The van der Waals surface area contributed by atoms with Crippen molar-refractivity contribution in [1.29, 1.82) is 0 Å². The second-order valence-electron chi connectivity index (χ2n) is 13.3. The molecule has 3 fully saturated rings. The number of amides is 2. The first-order valence-corrected chi connectivity index (χ1v) is 18.4. The lowest BCUT2D eigenvalue weighted by Gasteiger charge is -2.42. The van der Waals surface area contributed by atoms with E-state index in [1.807, 2.05) is 47.4 Å². The number of hydrogen-bond acceptors (Lipinski definition) is 7. The van der Waals surface area contributed by atoms with Crippen LogP contribution in [0, 0.1) is 0 Å². The summed E-state index contributed by atoms with van der Waals surface area (Å²) in [6.45, 7) is 5.96. The van der Waals surface area contributed by atoms with Crippen molar-refractivity contribution in [2.24, 2.45) is 0 Å². The number of aromatic amines is 1. The third kappa shape index (κ3) is 6.92. The molecular formula is C35H41Br2N7O4. The quantitative estimate of drug-likeness (QED) is 0.293. The van der Waals surface area contributed by atoms with Gasteiger partial charge in [-0.25, -0.2) is 9.59 Å². The Hall–Kier alpha value is -3.26. The third-order valence-corrected chi connectivity index (χ3v) is 12.2. The molecule has 0 saturated carbocycles. The molecule has 1 N–H and O–H groups in total. The molecule has 1 unspecified atom stereocenters. The van der Waals surface area contributed by atoms with Crippen LogP contribution in [0.4, 0.5) is 4.79 Å². The molecule has 2 aromatic heterocycles. The van der Waals surface area contributed by atoms with Crippen molar-refractivity contribution in [3.05, 3.63) is 73.7 Å². The number of hydrogen-bond donors (Lipinski definition) is 1. The van der Waals surface area contributed by atoms with Crippen LogP contribution in [0.1, 0.15) is 37.3 Å². The number of carbonyl (C=O) groups excluding carboxylic acids is 2. The molecule has 0 aliphatic carbocycles. The molecule has 2 amide bonds. The molecule has 3 saturated heterocycles. The normalized spacial score (nSPS) is 19.6. The van der Waals surface area contributed by atoms with Crippen LogP contribution in [-0.2, 0) is 16.0 Å². The van der Waals surface area contributed by atoms with Crippen molar-refractivity contribution >= 4 is 65.8 Å². The van der Waals surface area contributed by atoms with E-state index in [4.69, 9.17) is 4.74 Å². The number of halogens is 2. The van der Waals surface area contributed by atoms with Crippen LogP contribution in [0.5, 0.6) is 0 Å². The Labute approximate surface area is 296 Å². The maximum atomic E-state index is 14.0. The number of fused-ring (bicyclic) bond motifs is 3. The van der Waals surface area contributed by atoms with E-state index in [9.17, 15) is 14.4 Å². The number of ether oxygens (including phenoxy) is 1. The van der Waals surface area contributed by atoms with Gasteiger partial charge in [-0.1, -0.05) is 24.3 Å². The van der Waals surface area contributed by atoms with E-state index in [1.54, 1.807) is 15.7 Å². The van der Waals surface area contributed by atoms with E-state index >= 15 is 0 Å². The number of nitrogens with zero attached hydrogens (tertiary/aromatic N) is 6. The first kappa shape index (κ1) is 33.2. The molecule has 254 valence electrons. The van der Waals surface area contributed by atoms with Crippen molar-refractivity contribution in [2.75, 3.05) is 59.4 Å².